The highest BCUT2D eigenvalue weighted by atomic mass is 16.6. The summed E-state index contributed by atoms with van der Waals surface area (Å²) in [4.78, 5) is 13.2. The highest BCUT2D eigenvalue weighted by Crippen LogP contribution is 2.09. The molecule has 1 amide bonds. The molecule has 1 heterocycles. The van der Waals surface area contributed by atoms with Crippen molar-refractivity contribution < 1.29 is 9.53 Å². The molecule has 96 valence electrons. The number of carbonyl (C=O) groups excluding carboxylic acids is 1. The van der Waals surface area contributed by atoms with Crippen LogP contribution in [0.3, 0.4) is 0 Å². The summed E-state index contributed by atoms with van der Waals surface area (Å²) in [6.45, 7) is 6.63. The summed E-state index contributed by atoms with van der Waals surface area (Å²) in [5.41, 5.74) is 5.02. The number of nitrogens with zero attached hydrogens (tertiary/aromatic N) is 3. The maximum absolute atomic E-state index is 11.6. The number of carbonyl (C=O) groups is 1. The number of hydrogen-bond donors (Lipinski definition) is 1. The van der Waals surface area contributed by atoms with Gasteiger partial charge in [0.25, 0.3) is 0 Å². The predicted octanol–water partition coefficient (Wildman–Crippen LogP) is 1.33. The zero-order chi connectivity index (χ0) is 13.1. The molecule has 0 fully saturated rings. The summed E-state index contributed by atoms with van der Waals surface area (Å²) in [7, 11) is 1.70. The van der Waals surface area contributed by atoms with Gasteiger partial charge in [-0.3, -0.25) is 4.68 Å². The Morgan fingerprint density at radius 3 is 2.71 bits per heavy atom. The Kier molecular flexibility index (Phi) is 3.98. The van der Waals surface area contributed by atoms with Crippen molar-refractivity contribution in [2.24, 2.45) is 0 Å². The maximum Gasteiger partial charge on any atom is 0.410 e. The lowest BCUT2D eigenvalue weighted by Gasteiger charge is -2.24. The standard InChI is InChI=1S/C11H20N4O2/c1-11(2,3)17-10(16)14(4)7-8-15-6-5-9(12)13-15/h5-6H,7-8H2,1-4H3,(H2,12,13). The molecule has 0 atom stereocenters. The zero-order valence-corrected chi connectivity index (χ0v) is 10.8. The van der Waals surface area contributed by atoms with Gasteiger partial charge in [-0.15, -0.1) is 0 Å². The lowest BCUT2D eigenvalue weighted by molar-refractivity contribution is 0.0292. The first kappa shape index (κ1) is 13.3. The number of likely N-dealkylation sites (N-methyl/N-ethyl adjacent to an activating group) is 1. The van der Waals surface area contributed by atoms with Crippen LogP contribution in [0.5, 0.6) is 0 Å². The van der Waals surface area contributed by atoms with E-state index in [2.05, 4.69) is 5.10 Å². The van der Waals surface area contributed by atoms with Crippen molar-refractivity contribution in [3.8, 4) is 0 Å². The Morgan fingerprint density at radius 1 is 1.59 bits per heavy atom. The Hall–Kier alpha value is -1.72. The number of aromatic nitrogens is 2. The minimum absolute atomic E-state index is 0.336. The Balaban J connectivity index is 2.39. The van der Waals surface area contributed by atoms with E-state index >= 15 is 0 Å². The van der Waals surface area contributed by atoms with Gasteiger partial charge in [0.05, 0.1) is 6.54 Å². The van der Waals surface area contributed by atoms with E-state index in [0.717, 1.165) is 0 Å². The molecule has 0 spiro atoms. The van der Waals surface area contributed by atoms with Crippen LogP contribution >= 0.6 is 0 Å². The van der Waals surface area contributed by atoms with E-state index in [9.17, 15) is 4.79 Å². The van der Waals surface area contributed by atoms with Crippen LogP contribution in [0, 0.1) is 0 Å². The zero-order valence-electron chi connectivity index (χ0n) is 10.8. The number of amides is 1. The first-order valence-corrected chi connectivity index (χ1v) is 5.51. The average molecular weight is 240 g/mol. The normalized spacial score (nSPS) is 11.3. The molecule has 0 aliphatic heterocycles. The van der Waals surface area contributed by atoms with Gasteiger partial charge < -0.3 is 15.4 Å². The van der Waals surface area contributed by atoms with Gasteiger partial charge in [-0.25, -0.2) is 4.79 Å². The molecule has 0 bridgehead atoms. The average Bonchev–Trinajstić information content (AvgIpc) is 2.58. The van der Waals surface area contributed by atoms with Gasteiger partial charge in [0.1, 0.15) is 11.4 Å². The second-order valence-corrected chi connectivity index (χ2v) is 4.91. The number of nitrogens with two attached hydrogens (primary N) is 1. The van der Waals surface area contributed by atoms with E-state index in [1.54, 1.807) is 24.0 Å². The quantitative estimate of drug-likeness (QED) is 0.865. The topological polar surface area (TPSA) is 73.4 Å². The monoisotopic (exact) mass is 240 g/mol. The molecular formula is C11H20N4O2. The Bertz CT molecular complexity index is 381. The van der Waals surface area contributed by atoms with Crippen LogP contribution in [0.15, 0.2) is 12.3 Å². The molecule has 1 aromatic rings. The van der Waals surface area contributed by atoms with Crippen molar-refractivity contribution in [1.82, 2.24) is 14.7 Å². The first-order chi connectivity index (χ1) is 7.78. The van der Waals surface area contributed by atoms with Gasteiger partial charge in [0, 0.05) is 19.8 Å². The van der Waals surface area contributed by atoms with Gasteiger partial charge in [-0.05, 0) is 26.8 Å². The predicted molar refractivity (Wildman–Crippen MR) is 65.5 cm³/mol. The van der Waals surface area contributed by atoms with Crippen LogP contribution in [0.1, 0.15) is 20.8 Å². The maximum atomic E-state index is 11.6. The Morgan fingerprint density at radius 2 is 2.24 bits per heavy atom. The van der Waals surface area contributed by atoms with Crippen molar-refractivity contribution in [2.75, 3.05) is 19.3 Å². The molecule has 0 aromatic carbocycles. The van der Waals surface area contributed by atoms with Gasteiger partial charge in [-0.1, -0.05) is 0 Å². The number of ether oxygens (including phenoxy) is 1. The molecule has 2 N–H and O–H groups in total. The second kappa shape index (κ2) is 5.07. The van der Waals surface area contributed by atoms with E-state index < -0.39 is 5.60 Å². The molecule has 1 rings (SSSR count). The van der Waals surface area contributed by atoms with E-state index in [-0.39, 0.29) is 6.09 Å². The third-order valence-electron chi connectivity index (χ3n) is 2.03. The number of nitrogen functional groups attached to an aromatic ring is 1. The fourth-order valence-corrected chi connectivity index (χ4v) is 1.19. The van der Waals surface area contributed by atoms with Crippen molar-refractivity contribution in [3.05, 3.63) is 12.3 Å². The van der Waals surface area contributed by atoms with Gasteiger partial charge in [-0.2, -0.15) is 5.10 Å². The molecule has 0 saturated heterocycles. The first-order valence-electron chi connectivity index (χ1n) is 5.51. The minimum Gasteiger partial charge on any atom is -0.444 e. The molecule has 0 aliphatic rings. The van der Waals surface area contributed by atoms with Crippen LogP contribution in [0.25, 0.3) is 0 Å². The van der Waals surface area contributed by atoms with E-state index in [0.29, 0.717) is 18.9 Å². The van der Waals surface area contributed by atoms with Gasteiger partial charge >= 0.3 is 6.09 Å². The molecule has 0 saturated carbocycles. The largest absolute Gasteiger partial charge is 0.444 e. The summed E-state index contributed by atoms with van der Waals surface area (Å²) < 4.78 is 6.92. The van der Waals surface area contributed by atoms with Crippen LogP contribution in [-0.2, 0) is 11.3 Å². The van der Waals surface area contributed by atoms with Crippen LogP contribution in [-0.4, -0.2) is 40.0 Å². The highest BCUT2D eigenvalue weighted by Gasteiger charge is 2.19. The summed E-state index contributed by atoms with van der Waals surface area (Å²) in [5.74, 6) is 0.477. The highest BCUT2D eigenvalue weighted by molar-refractivity contribution is 5.67. The number of rotatable bonds is 3. The number of hydrogen-bond acceptors (Lipinski definition) is 4. The van der Waals surface area contributed by atoms with Crippen molar-refractivity contribution >= 4 is 11.9 Å². The molecule has 17 heavy (non-hydrogen) atoms. The third-order valence-corrected chi connectivity index (χ3v) is 2.03. The molecule has 0 unspecified atom stereocenters. The molecule has 1 aromatic heterocycles. The van der Waals surface area contributed by atoms with Gasteiger partial charge in [0.15, 0.2) is 0 Å². The summed E-state index contributed by atoms with van der Waals surface area (Å²) >= 11 is 0. The summed E-state index contributed by atoms with van der Waals surface area (Å²) in [6.07, 6.45) is 1.44. The lowest BCUT2D eigenvalue weighted by atomic mass is 10.2. The number of anilines is 1. The Labute approximate surface area is 101 Å². The fraction of sp³-hybridized carbons (Fsp3) is 0.636. The molecule has 0 aliphatic carbocycles. The molecule has 6 nitrogen and oxygen atoms in total. The van der Waals surface area contributed by atoms with E-state index in [1.807, 2.05) is 20.8 Å². The van der Waals surface area contributed by atoms with E-state index in [4.69, 9.17) is 10.5 Å². The molecule has 6 heteroatoms. The third kappa shape index (κ3) is 4.76. The van der Waals surface area contributed by atoms with Crippen LogP contribution < -0.4 is 5.73 Å². The second-order valence-electron chi connectivity index (χ2n) is 4.91. The van der Waals surface area contributed by atoms with Crippen LogP contribution in [0.2, 0.25) is 0 Å². The molecular weight excluding hydrogens is 220 g/mol. The SMILES string of the molecule is CN(CCn1ccc(N)n1)C(=O)OC(C)(C)C. The van der Waals surface area contributed by atoms with Crippen molar-refractivity contribution in [2.45, 2.75) is 32.9 Å². The lowest BCUT2D eigenvalue weighted by Crippen LogP contribution is -2.36. The summed E-state index contributed by atoms with van der Waals surface area (Å²) in [6, 6.07) is 1.72. The molecule has 0 radical (unpaired) electrons. The fourth-order valence-electron chi connectivity index (χ4n) is 1.19. The van der Waals surface area contributed by atoms with Crippen molar-refractivity contribution in [3.63, 3.8) is 0 Å². The smallest absolute Gasteiger partial charge is 0.410 e. The van der Waals surface area contributed by atoms with Crippen molar-refractivity contribution in [1.29, 1.82) is 0 Å². The minimum atomic E-state index is -0.471. The summed E-state index contributed by atoms with van der Waals surface area (Å²) in [5, 5.41) is 4.03. The van der Waals surface area contributed by atoms with E-state index in [1.165, 1.54) is 4.90 Å². The van der Waals surface area contributed by atoms with Gasteiger partial charge in [0.2, 0.25) is 0 Å². The van der Waals surface area contributed by atoms with Crippen LogP contribution in [0.4, 0.5) is 10.6 Å².